The van der Waals surface area contributed by atoms with Gasteiger partial charge >= 0.3 is 0 Å². The third-order valence-electron chi connectivity index (χ3n) is 5.21. The molecule has 8 heteroatoms. The summed E-state index contributed by atoms with van der Waals surface area (Å²) in [4.78, 5) is 38.7. The van der Waals surface area contributed by atoms with E-state index in [0.717, 1.165) is 5.56 Å². The Bertz CT molecular complexity index is 1120. The fraction of sp³-hybridized carbons (Fsp3) is 0.250. The van der Waals surface area contributed by atoms with E-state index in [1.54, 1.807) is 38.4 Å². The highest BCUT2D eigenvalue weighted by Gasteiger charge is 2.22. The van der Waals surface area contributed by atoms with Crippen molar-refractivity contribution in [3.05, 3.63) is 90.5 Å². The smallest absolute Gasteiger partial charge is 0.249 e. The van der Waals surface area contributed by atoms with Gasteiger partial charge in [-0.2, -0.15) is 0 Å². The van der Waals surface area contributed by atoms with Crippen molar-refractivity contribution in [1.82, 2.24) is 10.2 Å². The Kier molecular flexibility index (Phi) is 10.0. The normalized spacial score (nSPS) is 11.3. The lowest BCUT2D eigenvalue weighted by atomic mass is 10.2. The van der Waals surface area contributed by atoms with Crippen LogP contribution >= 0.6 is 0 Å². The molecule has 0 bridgehead atoms. The summed E-state index contributed by atoms with van der Waals surface area (Å²) in [6.45, 7) is 0.272. The summed E-state index contributed by atoms with van der Waals surface area (Å²) in [6.07, 6.45) is 0.0337. The Morgan fingerprint density at radius 1 is 0.806 bits per heavy atom. The topological polar surface area (TPSA) is 97.0 Å². The molecule has 0 saturated heterocycles. The van der Waals surface area contributed by atoms with Crippen molar-refractivity contribution in [3.63, 3.8) is 0 Å². The first-order valence-corrected chi connectivity index (χ1v) is 11.7. The van der Waals surface area contributed by atoms with Crippen LogP contribution in [0.3, 0.4) is 0 Å². The first-order valence-electron chi connectivity index (χ1n) is 11.7. The molecule has 1 unspecified atom stereocenters. The van der Waals surface area contributed by atoms with E-state index in [2.05, 4.69) is 10.6 Å². The van der Waals surface area contributed by atoms with Gasteiger partial charge in [-0.1, -0.05) is 48.5 Å². The summed E-state index contributed by atoms with van der Waals surface area (Å²) < 4.78 is 11.5. The molecule has 0 aliphatic carbocycles. The molecule has 0 aliphatic heterocycles. The molecule has 0 heterocycles. The van der Waals surface area contributed by atoms with E-state index >= 15 is 0 Å². The van der Waals surface area contributed by atoms with Gasteiger partial charge in [0, 0.05) is 32.6 Å². The predicted molar refractivity (Wildman–Crippen MR) is 138 cm³/mol. The maximum Gasteiger partial charge on any atom is 0.249 e. The van der Waals surface area contributed by atoms with Crippen LogP contribution < -0.4 is 15.4 Å². The summed E-state index contributed by atoms with van der Waals surface area (Å²) in [6, 6.07) is 24.9. The number of benzene rings is 3. The van der Waals surface area contributed by atoms with Crippen LogP contribution in [0.2, 0.25) is 0 Å². The molecule has 1 atom stereocenters. The van der Waals surface area contributed by atoms with E-state index in [0.29, 0.717) is 23.8 Å². The van der Waals surface area contributed by atoms with Crippen molar-refractivity contribution in [2.24, 2.45) is 0 Å². The molecule has 3 aromatic carbocycles. The van der Waals surface area contributed by atoms with Crippen molar-refractivity contribution >= 4 is 23.4 Å². The zero-order valence-electron chi connectivity index (χ0n) is 20.5. The number of rotatable bonds is 12. The zero-order chi connectivity index (χ0) is 25.8. The Hall–Kier alpha value is -4.17. The number of carbonyl (C=O) groups is 3. The van der Waals surface area contributed by atoms with Gasteiger partial charge in [-0.25, -0.2) is 0 Å². The van der Waals surface area contributed by atoms with Crippen LogP contribution in [0.1, 0.15) is 18.4 Å². The van der Waals surface area contributed by atoms with Gasteiger partial charge < -0.3 is 25.0 Å². The van der Waals surface area contributed by atoms with Gasteiger partial charge in [-0.05, 0) is 42.0 Å². The van der Waals surface area contributed by atoms with Gasteiger partial charge in [0.05, 0.1) is 13.2 Å². The van der Waals surface area contributed by atoms with Gasteiger partial charge in [0.1, 0.15) is 17.5 Å². The molecule has 0 aliphatic rings. The molecule has 0 aromatic heterocycles. The summed E-state index contributed by atoms with van der Waals surface area (Å²) in [7, 11) is 3.26. The van der Waals surface area contributed by atoms with E-state index in [4.69, 9.17) is 9.47 Å². The Morgan fingerprint density at radius 3 is 2.06 bits per heavy atom. The zero-order valence-corrected chi connectivity index (χ0v) is 20.5. The predicted octanol–water partition coefficient (Wildman–Crippen LogP) is 3.99. The van der Waals surface area contributed by atoms with E-state index in [1.807, 2.05) is 60.7 Å². The van der Waals surface area contributed by atoms with Crippen LogP contribution in [0.5, 0.6) is 11.5 Å². The summed E-state index contributed by atoms with van der Waals surface area (Å²) >= 11 is 0. The molecule has 0 spiro atoms. The van der Waals surface area contributed by atoms with Gasteiger partial charge in [-0.3, -0.25) is 14.4 Å². The fourth-order valence-corrected chi connectivity index (χ4v) is 3.22. The van der Waals surface area contributed by atoms with Crippen LogP contribution in [-0.4, -0.2) is 49.4 Å². The van der Waals surface area contributed by atoms with E-state index in [9.17, 15) is 14.4 Å². The maximum absolute atomic E-state index is 13.0. The quantitative estimate of drug-likeness (QED) is 0.401. The number of anilines is 1. The number of nitrogens with one attached hydrogen (secondary N) is 2. The van der Waals surface area contributed by atoms with Crippen LogP contribution in [-0.2, 0) is 25.7 Å². The number of para-hydroxylation sites is 1. The molecule has 3 aromatic rings. The van der Waals surface area contributed by atoms with Crippen molar-refractivity contribution in [1.29, 1.82) is 0 Å². The minimum atomic E-state index is -0.934. The number of hydrogen-bond acceptors (Lipinski definition) is 5. The SMILES string of the molecule is CN(C)C(=O)CCC(=O)NC(COCc1ccccc1)C(=O)Nc1ccc(Oc2ccccc2)cc1. The molecule has 36 heavy (non-hydrogen) atoms. The molecule has 0 fully saturated rings. The molecule has 8 nitrogen and oxygen atoms in total. The highest BCUT2D eigenvalue weighted by atomic mass is 16.5. The number of carbonyl (C=O) groups excluding carboxylic acids is 3. The lowest BCUT2D eigenvalue weighted by molar-refractivity contribution is -0.132. The minimum absolute atomic E-state index is 0.0228. The fourth-order valence-electron chi connectivity index (χ4n) is 3.22. The number of nitrogens with zero attached hydrogens (tertiary/aromatic N) is 1. The van der Waals surface area contributed by atoms with E-state index in [-0.39, 0.29) is 25.4 Å². The molecule has 0 radical (unpaired) electrons. The molecule has 3 amide bonds. The summed E-state index contributed by atoms with van der Waals surface area (Å²) in [5, 5.41) is 5.50. The monoisotopic (exact) mass is 489 g/mol. The lowest BCUT2D eigenvalue weighted by Crippen LogP contribution is -2.47. The van der Waals surface area contributed by atoms with Gasteiger partial charge in [-0.15, -0.1) is 0 Å². The Labute approximate surface area is 211 Å². The highest BCUT2D eigenvalue weighted by molar-refractivity contribution is 5.97. The maximum atomic E-state index is 13.0. The second kappa shape index (κ2) is 13.7. The van der Waals surface area contributed by atoms with E-state index < -0.39 is 17.9 Å². The Balaban J connectivity index is 1.59. The summed E-state index contributed by atoms with van der Waals surface area (Å²) in [5.41, 5.74) is 1.50. The van der Waals surface area contributed by atoms with Crippen LogP contribution in [0.25, 0.3) is 0 Å². The van der Waals surface area contributed by atoms with Crippen LogP contribution in [0.4, 0.5) is 5.69 Å². The third kappa shape index (κ3) is 8.88. The second-order valence-corrected chi connectivity index (χ2v) is 8.34. The standard InChI is InChI=1S/C28H31N3O5/c1-31(2)27(33)18-17-26(32)30-25(20-35-19-21-9-5-3-6-10-21)28(34)29-22-13-15-24(16-14-22)36-23-11-7-4-8-12-23/h3-16,25H,17-20H2,1-2H3,(H,29,34)(H,30,32). The largest absolute Gasteiger partial charge is 0.457 e. The average molecular weight is 490 g/mol. The third-order valence-corrected chi connectivity index (χ3v) is 5.21. The number of amides is 3. The van der Waals surface area contributed by atoms with Crippen molar-refractivity contribution in [2.75, 3.05) is 26.0 Å². The van der Waals surface area contributed by atoms with Gasteiger partial charge in [0.15, 0.2) is 0 Å². The van der Waals surface area contributed by atoms with E-state index in [1.165, 1.54) is 4.90 Å². The molecule has 2 N–H and O–H groups in total. The highest BCUT2D eigenvalue weighted by Crippen LogP contribution is 2.22. The van der Waals surface area contributed by atoms with Crippen LogP contribution in [0, 0.1) is 0 Å². The number of hydrogen-bond donors (Lipinski definition) is 2. The second-order valence-electron chi connectivity index (χ2n) is 8.34. The first-order chi connectivity index (χ1) is 17.4. The Morgan fingerprint density at radius 2 is 1.42 bits per heavy atom. The lowest BCUT2D eigenvalue weighted by Gasteiger charge is -2.19. The van der Waals surface area contributed by atoms with Crippen molar-refractivity contribution < 1.29 is 23.9 Å². The molecular formula is C28H31N3O5. The minimum Gasteiger partial charge on any atom is -0.457 e. The molecule has 188 valence electrons. The van der Waals surface area contributed by atoms with Gasteiger partial charge in [0.25, 0.3) is 0 Å². The number of ether oxygens (including phenoxy) is 2. The summed E-state index contributed by atoms with van der Waals surface area (Å²) in [5.74, 6) is 0.345. The van der Waals surface area contributed by atoms with Gasteiger partial charge in [0.2, 0.25) is 17.7 Å². The molecule has 0 saturated carbocycles. The molecular weight excluding hydrogens is 458 g/mol. The van der Waals surface area contributed by atoms with Crippen molar-refractivity contribution in [3.8, 4) is 11.5 Å². The molecule has 3 rings (SSSR count). The first kappa shape index (κ1) is 26.4. The van der Waals surface area contributed by atoms with Crippen LogP contribution in [0.15, 0.2) is 84.9 Å². The average Bonchev–Trinajstić information content (AvgIpc) is 2.89. The van der Waals surface area contributed by atoms with Crippen molar-refractivity contribution in [2.45, 2.75) is 25.5 Å².